The average molecular weight is 1020 g/mol. The van der Waals surface area contributed by atoms with E-state index in [9.17, 15) is 0 Å². The van der Waals surface area contributed by atoms with Crippen molar-refractivity contribution in [3.8, 4) is 66.8 Å². The topological polar surface area (TPSA) is 6.48 Å². The van der Waals surface area contributed by atoms with Crippen LogP contribution in [0.15, 0.2) is 285 Å². The Kier molecular flexibility index (Phi) is 10.4. The van der Waals surface area contributed by atoms with E-state index < -0.39 is 0 Å². The molecule has 2 heterocycles. The van der Waals surface area contributed by atoms with Crippen LogP contribution in [0.5, 0.6) is 0 Å². The van der Waals surface area contributed by atoms with E-state index in [1.807, 2.05) is 0 Å². The normalized spacial score (nSPS) is 13.4. The first kappa shape index (κ1) is 46.2. The van der Waals surface area contributed by atoms with E-state index in [0.717, 1.165) is 11.4 Å². The zero-order chi connectivity index (χ0) is 53.1. The molecule has 2 aliphatic heterocycles. The summed E-state index contributed by atoms with van der Waals surface area (Å²) in [5.74, 6) is 0. The van der Waals surface area contributed by atoms with Crippen molar-refractivity contribution in [3.63, 3.8) is 0 Å². The molecule has 0 amide bonds. The maximum absolute atomic E-state index is 2.62. The second-order valence-electron chi connectivity index (χ2n) is 22.5. The highest BCUT2D eigenvalue weighted by atomic mass is 15.2. The first-order chi connectivity index (χ1) is 39.4. The van der Waals surface area contributed by atoms with Crippen molar-refractivity contribution in [2.24, 2.45) is 0 Å². The number of hydrogen-bond donors (Lipinski definition) is 0. The van der Waals surface area contributed by atoms with Crippen LogP contribution in [0.3, 0.4) is 0 Å². The van der Waals surface area contributed by atoms with E-state index in [2.05, 4.69) is 309 Å². The minimum Gasteiger partial charge on any atom is -0.311 e. The summed E-state index contributed by atoms with van der Waals surface area (Å²) in [6, 6.07) is 107. The fourth-order valence-corrected chi connectivity index (χ4v) is 13.6. The molecule has 0 N–H and O–H groups in total. The molecular weight excluding hydrogens is 964 g/mol. The van der Waals surface area contributed by atoms with E-state index >= 15 is 0 Å². The number of anilines is 6. The standard InChI is InChI=1S/C77H53BN2/c1-77(2)68-34-20-19-33-66(68)67-36-35-58(43-69(67)77)63-48-74-76-75(49-63)80(65-41-61(52-25-11-5-12-26-52)38-62(42-65)53-27-13-6-14-28-53)73-47-57-32-18-16-30-55(57)45-71(73)78(76)70-44-54-29-15-17-31-56(54)46-72(70)79(74)64-39-59(50-21-7-3-8-22-50)37-60(40-64)51-23-9-4-10-24-51/h3-49H,1-2H3. The van der Waals surface area contributed by atoms with Gasteiger partial charge < -0.3 is 9.80 Å². The van der Waals surface area contributed by atoms with Gasteiger partial charge in [-0.25, -0.2) is 0 Å². The molecule has 3 heteroatoms. The summed E-state index contributed by atoms with van der Waals surface area (Å²) in [5, 5.41) is 4.87. The molecule has 0 saturated heterocycles. The van der Waals surface area contributed by atoms with Crippen LogP contribution in [-0.4, -0.2) is 6.71 Å². The summed E-state index contributed by atoms with van der Waals surface area (Å²) in [6.45, 7) is 4.68. The number of benzene rings is 13. The van der Waals surface area contributed by atoms with Gasteiger partial charge in [0.05, 0.1) is 0 Å². The van der Waals surface area contributed by atoms with Gasteiger partial charge in [-0.3, -0.25) is 0 Å². The first-order valence-electron chi connectivity index (χ1n) is 28.0. The summed E-state index contributed by atoms with van der Waals surface area (Å²) in [6.07, 6.45) is 0. The zero-order valence-electron chi connectivity index (χ0n) is 44.6. The summed E-state index contributed by atoms with van der Waals surface area (Å²) >= 11 is 0. The molecule has 2 nitrogen and oxygen atoms in total. The second-order valence-corrected chi connectivity index (χ2v) is 22.5. The molecule has 13 aromatic carbocycles. The molecule has 13 aromatic rings. The Morgan fingerprint density at radius 2 is 0.625 bits per heavy atom. The molecular formula is C77H53BN2. The molecule has 0 spiro atoms. The van der Waals surface area contributed by atoms with E-state index in [1.165, 1.54) is 139 Å². The van der Waals surface area contributed by atoms with Gasteiger partial charge in [0.1, 0.15) is 0 Å². The van der Waals surface area contributed by atoms with Crippen molar-refractivity contribution in [2.75, 3.05) is 9.80 Å². The molecule has 16 rings (SSSR count). The van der Waals surface area contributed by atoms with Crippen LogP contribution >= 0.6 is 0 Å². The van der Waals surface area contributed by atoms with Gasteiger partial charge in [-0.05, 0) is 183 Å². The quantitative estimate of drug-likeness (QED) is 0.147. The van der Waals surface area contributed by atoms with E-state index in [1.54, 1.807) is 0 Å². The lowest BCUT2D eigenvalue weighted by molar-refractivity contribution is 0.660. The van der Waals surface area contributed by atoms with Crippen molar-refractivity contribution in [1.82, 2.24) is 0 Å². The Hall–Kier alpha value is -9.96. The molecule has 0 saturated carbocycles. The van der Waals surface area contributed by atoms with E-state index in [0.29, 0.717) is 0 Å². The summed E-state index contributed by atoms with van der Waals surface area (Å²) in [5.41, 5.74) is 27.7. The second kappa shape index (κ2) is 18.1. The third-order valence-corrected chi connectivity index (χ3v) is 17.5. The summed E-state index contributed by atoms with van der Waals surface area (Å²) in [4.78, 5) is 5.24. The van der Waals surface area contributed by atoms with Gasteiger partial charge in [-0.2, -0.15) is 0 Å². The summed E-state index contributed by atoms with van der Waals surface area (Å²) in [7, 11) is 0. The van der Waals surface area contributed by atoms with Crippen molar-refractivity contribution in [3.05, 3.63) is 296 Å². The van der Waals surface area contributed by atoms with Crippen molar-refractivity contribution >= 4 is 78.8 Å². The Morgan fingerprint density at radius 1 is 0.263 bits per heavy atom. The van der Waals surface area contributed by atoms with E-state index in [4.69, 9.17) is 0 Å². The van der Waals surface area contributed by atoms with Gasteiger partial charge >= 0.3 is 0 Å². The van der Waals surface area contributed by atoms with Gasteiger partial charge in [-0.1, -0.05) is 232 Å². The van der Waals surface area contributed by atoms with Crippen LogP contribution < -0.4 is 26.2 Å². The van der Waals surface area contributed by atoms with Crippen molar-refractivity contribution < 1.29 is 0 Å². The fraction of sp³-hybridized carbons (Fsp3) is 0.0390. The van der Waals surface area contributed by atoms with Gasteiger partial charge in [0.15, 0.2) is 0 Å². The van der Waals surface area contributed by atoms with Crippen LogP contribution in [0.25, 0.3) is 88.3 Å². The highest BCUT2D eigenvalue weighted by Gasteiger charge is 2.45. The van der Waals surface area contributed by atoms with Crippen LogP contribution in [0, 0.1) is 0 Å². The van der Waals surface area contributed by atoms with Crippen molar-refractivity contribution in [2.45, 2.75) is 19.3 Å². The maximum Gasteiger partial charge on any atom is 0.252 e. The first-order valence-corrected chi connectivity index (χ1v) is 28.0. The lowest BCUT2D eigenvalue weighted by atomic mass is 9.33. The lowest BCUT2D eigenvalue weighted by Gasteiger charge is -2.45. The molecule has 80 heavy (non-hydrogen) atoms. The number of hydrogen-bond acceptors (Lipinski definition) is 2. The van der Waals surface area contributed by atoms with Gasteiger partial charge in [0.2, 0.25) is 0 Å². The molecule has 0 fully saturated rings. The summed E-state index contributed by atoms with van der Waals surface area (Å²) < 4.78 is 0. The smallest absolute Gasteiger partial charge is 0.252 e. The predicted octanol–water partition coefficient (Wildman–Crippen LogP) is 18.7. The van der Waals surface area contributed by atoms with Crippen LogP contribution in [0.4, 0.5) is 34.1 Å². The highest BCUT2D eigenvalue weighted by Crippen LogP contribution is 2.52. The van der Waals surface area contributed by atoms with Crippen LogP contribution in [-0.2, 0) is 5.41 Å². The van der Waals surface area contributed by atoms with Gasteiger partial charge in [0.25, 0.3) is 6.71 Å². The van der Waals surface area contributed by atoms with E-state index in [-0.39, 0.29) is 12.1 Å². The molecule has 1 aliphatic carbocycles. The zero-order valence-corrected chi connectivity index (χ0v) is 44.6. The molecule has 0 unspecified atom stereocenters. The Labute approximate surface area is 468 Å². The third-order valence-electron chi connectivity index (χ3n) is 17.5. The maximum atomic E-state index is 2.62. The largest absolute Gasteiger partial charge is 0.311 e. The van der Waals surface area contributed by atoms with Crippen LogP contribution in [0.1, 0.15) is 25.0 Å². The van der Waals surface area contributed by atoms with Gasteiger partial charge in [-0.15, -0.1) is 0 Å². The Balaban J connectivity index is 1.05. The number of nitrogens with zero attached hydrogens (tertiary/aromatic N) is 2. The molecule has 0 atom stereocenters. The predicted molar refractivity (Wildman–Crippen MR) is 340 cm³/mol. The number of rotatable bonds is 7. The lowest BCUT2D eigenvalue weighted by Crippen LogP contribution is -2.61. The highest BCUT2D eigenvalue weighted by molar-refractivity contribution is 7.00. The van der Waals surface area contributed by atoms with Gasteiger partial charge in [0, 0.05) is 39.5 Å². The Morgan fingerprint density at radius 3 is 1.06 bits per heavy atom. The molecule has 374 valence electrons. The molecule has 3 aliphatic rings. The monoisotopic (exact) mass is 1020 g/mol. The minimum atomic E-state index is -0.176. The average Bonchev–Trinajstić information content (AvgIpc) is 3.92. The Bertz CT molecular complexity index is 4270. The minimum absolute atomic E-state index is 0.106. The molecule has 0 radical (unpaired) electrons. The van der Waals surface area contributed by atoms with Crippen LogP contribution in [0.2, 0.25) is 0 Å². The SMILES string of the molecule is CC1(C)c2ccccc2-c2ccc(-c3cc4c5c(c3)N(c3cc(-c6ccccc6)cc(-c6ccccc6)c3)c3cc6ccccc6cc3B5c3cc5ccccc5cc3N4c3cc(-c4ccccc4)cc(-c4ccccc4)c3)cc21. The third kappa shape index (κ3) is 7.35. The molecule has 0 bridgehead atoms. The molecule has 0 aromatic heterocycles. The van der Waals surface area contributed by atoms with Crippen molar-refractivity contribution in [1.29, 1.82) is 0 Å². The number of fused-ring (bicyclic) bond motifs is 9. The fourth-order valence-electron chi connectivity index (χ4n) is 13.6.